The Hall–Kier alpha value is -0.956. The van der Waals surface area contributed by atoms with Crippen molar-refractivity contribution >= 4 is 33.7 Å². The summed E-state index contributed by atoms with van der Waals surface area (Å²) >= 11 is 0. The lowest BCUT2D eigenvalue weighted by atomic mass is 9.95. The van der Waals surface area contributed by atoms with Crippen LogP contribution in [0, 0.1) is 0 Å². The summed E-state index contributed by atoms with van der Waals surface area (Å²) in [6.07, 6.45) is 7.02. The Kier molecular flexibility index (Phi) is 5.53. The van der Waals surface area contributed by atoms with E-state index in [1.54, 1.807) is 0 Å². The summed E-state index contributed by atoms with van der Waals surface area (Å²) in [5, 5.41) is 10.1. The molecule has 2 saturated heterocycles. The molecular weight excluding hydrogens is 344 g/mol. The molecule has 3 rings (SSSR count). The molecule has 0 aromatic carbocycles. The van der Waals surface area contributed by atoms with Gasteiger partial charge in [-0.25, -0.2) is 0 Å². The van der Waals surface area contributed by atoms with Gasteiger partial charge in [0.25, 0.3) is 0 Å². The van der Waals surface area contributed by atoms with E-state index in [9.17, 15) is 4.79 Å². The van der Waals surface area contributed by atoms with E-state index in [1.807, 2.05) is 0 Å². The number of ketones is 1. The fourth-order valence-corrected chi connectivity index (χ4v) is 9.20. The van der Waals surface area contributed by atoms with E-state index in [0.717, 1.165) is 30.9 Å². The molecule has 0 amide bonds. The Morgan fingerprint density at radius 2 is 1.28 bits per heavy atom. The smallest absolute Gasteiger partial charge is 0.172 e. The molecule has 7 heteroatoms. The summed E-state index contributed by atoms with van der Waals surface area (Å²) in [5.41, 5.74) is 2.06. The van der Waals surface area contributed by atoms with Gasteiger partial charge in [0.15, 0.2) is 16.5 Å². The summed E-state index contributed by atoms with van der Waals surface area (Å²) in [6.45, 7) is 11.8. The number of hydrazone groups is 2. The summed E-state index contributed by atoms with van der Waals surface area (Å²) in [4.78, 5) is 12.1. The van der Waals surface area contributed by atoms with Gasteiger partial charge in [-0.15, -0.1) is 0 Å². The first-order valence-electron chi connectivity index (χ1n) is 10.0. The molecule has 0 atom stereocenters. The lowest BCUT2D eigenvalue weighted by Gasteiger charge is -2.41. The zero-order valence-electron chi connectivity index (χ0n) is 16.5. The molecule has 3 aliphatic rings. The van der Waals surface area contributed by atoms with Crippen LogP contribution in [0.15, 0.2) is 10.2 Å². The molecule has 25 heavy (non-hydrogen) atoms. The van der Waals surface area contributed by atoms with E-state index < -0.39 is 16.5 Å². The predicted molar refractivity (Wildman–Crippen MR) is 110 cm³/mol. The topological polar surface area (TPSA) is 48.3 Å². The van der Waals surface area contributed by atoms with Gasteiger partial charge in [-0.2, -0.15) is 10.2 Å². The molecule has 5 nitrogen and oxygen atoms in total. The molecule has 0 spiro atoms. The first kappa shape index (κ1) is 18.8. The van der Waals surface area contributed by atoms with Crippen LogP contribution in [0.3, 0.4) is 0 Å². The third kappa shape index (κ3) is 4.42. The van der Waals surface area contributed by atoms with E-state index in [1.165, 1.54) is 37.8 Å². The molecule has 2 heterocycles. The van der Waals surface area contributed by atoms with Crippen LogP contribution >= 0.6 is 0 Å². The van der Waals surface area contributed by atoms with Crippen molar-refractivity contribution in [2.75, 3.05) is 13.1 Å². The molecule has 1 saturated carbocycles. The highest BCUT2D eigenvalue weighted by molar-refractivity contribution is 6.75. The first-order valence-corrected chi connectivity index (χ1v) is 16.3. The van der Waals surface area contributed by atoms with E-state index in [2.05, 4.69) is 35.5 Å². The second-order valence-electron chi connectivity index (χ2n) is 9.09. The number of carbonyl (C=O) groups excluding carboxylic acids is 1. The number of hydrogen-bond donors (Lipinski definition) is 0. The molecule has 140 valence electrons. The quantitative estimate of drug-likeness (QED) is 0.681. The number of carbonyl (C=O) groups is 1. The maximum Gasteiger partial charge on any atom is 0.172 e. The Morgan fingerprint density at radius 3 is 1.80 bits per heavy atom. The Labute approximate surface area is 154 Å². The molecule has 0 bridgehead atoms. The molecule has 2 aliphatic heterocycles. The van der Waals surface area contributed by atoms with Crippen LogP contribution in [-0.4, -0.2) is 56.1 Å². The van der Waals surface area contributed by atoms with Crippen LogP contribution < -0.4 is 0 Å². The summed E-state index contributed by atoms with van der Waals surface area (Å²) < 4.78 is 4.76. The van der Waals surface area contributed by atoms with Crippen molar-refractivity contribution in [3.8, 4) is 0 Å². The van der Waals surface area contributed by atoms with Crippen molar-refractivity contribution in [3.63, 3.8) is 0 Å². The van der Waals surface area contributed by atoms with E-state index in [0.29, 0.717) is 18.6 Å². The maximum atomic E-state index is 12.1. The summed E-state index contributed by atoms with van der Waals surface area (Å²) in [5.74, 6) is 0.323. The maximum absolute atomic E-state index is 12.1. The zero-order chi connectivity index (χ0) is 18.1. The van der Waals surface area contributed by atoms with Gasteiger partial charge in [0.1, 0.15) is 5.78 Å². The minimum atomic E-state index is -1.46. The molecule has 1 aliphatic carbocycles. The monoisotopic (exact) mass is 378 g/mol. The fourth-order valence-electron chi connectivity index (χ4n) is 4.14. The number of Topliss-reactive ketones (excluding diaryl/α,β-unsaturated/α-hetero) is 1. The van der Waals surface area contributed by atoms with E-state index in [4.69, 9.17) is 10.2 Å². The van der Waals surface area contributed by atoms with Crippen LogP contribution in [0.1, 0.15) is 44.9 Å². The number of nitrogens with zero attached hydrogens (tertiary/aromatic N) is 4. The SMILES string of the molecule is C[Si]1(C)CCCCN1N=C1CCC(=O)CC1=NN1CCCC[Si]1(C)C. The van der Waals surface area contributed by atoms with Gasteiger partial charge in [-0.3, -0.25) is 4.79 Å². The van der Waals surface area contributed by atoms with Crippen LogP contribution in [0.4, 0.5) is 0 Å². The van der Waals surface area contributed by atoms with Crippen molar-refractivity contribution in [1.82, 2.24) is 9.35 Å². The second-order valence-corrected chi connectivity index (χ2v) is 18.4. The standard InChI is InChI=1S/C18H34N4OSi2/c1-24(2)13-7-5-11-21(24)19-17-10-9-16(23)15-18(17)20-22-12-6-8-14-25(22,3)4/h5-15H2,1-4H3. The van der Waals surface area contributed by atoms with Crippen molar-refractivity contribution < 1.29 is 4.79 Å². The van der Waals surface area contributed by atoms with Crippen molar-refractivity contribution in [2.24, 2.45) is 10.2 Å². The highest BCUT2D eigenvalue weighted by Gasteiger charge is 2.35. The third-order valence-electron chi connectivity index (χ3n) is 6.04. The lowest BCUT2D eigenvalue weighted by molar-refractivity contribution is -0.117. The largest absolute Gasteiger partial charge is 0.324 e. The van der Waals surface area contributed by atoms with Crippen LogP contribution in [0.25, 0.3) is 0 Å². The summed E-state index contributed by atoms with van der Waals surface area (Å²) in [6, 6.07) is 2.62. The molecule has 0 aromatic rings. The van der Waals surface area contributed by atoms with Gasteiger partial charge in [-0.05, 0) is 24.9 Å². The molecule has 0 radical (unpaired) electrons. The Balaban J connectivity index is 1.87. The number of hydrogen-bond acceptors (Lipinski definition) is 5. The van der Waals surface area contributed by atoms with Gasteiger partial charge >= 0.3 is 0 Å². The average molecular weight is 379 g/mol. The predicted octanol–water partition coefficient (Wildman–Crippen LogP) is 4.05. The zero-order valence-corrected chi connectivity index (χ0v) is 18.5. The molecule has 0 unspecified atom stereocenters. The van der Waals surface area contributed by atoms with Crippen molar-refractivity contribution in [1.29, 1.82) is 0 Å². The highest BCUT2D eigenvalue weighted by Crippen LogP contribution is 2.28. The van der Waals surface area contributed by atoms with Gasteiger partial charge in [0.2, 0.25) is 0 Å². The van der Waals surface area contributed by atoms with Gasteiger partial charge in [-0.1, -0.05) is 39.0 Å². The number of rotatable bonds is 2. The van der Waals surface area contributed by atoms with Gasteiger partial charge in [0, 0.05) is 25.9 Å². The second kappa shape index (κ2) is 7.35. The van der Waals surface area contributed by atoms with Crippen LogP contribution in [-0.2, 0) is 4.79 Å². The molecular formula is C18H34N4OSi2. The lowest BCUT2D eigenvalue weighted by Crippen LogP contribution is -2.50. The Bertz CT molecular complexity index is 586. The normalized spacial score (nSPS) is 30.2. The van der Waals surface area contributed by atoms with E-state index in [-0.39, 0.29) is 0 Å². The molecule has 3 fully saturated rings. The highest BCUT2D eigenvalue weighted by atomic mass is 28.3. The Morgan fingerprint density at radius 1 is 0.760 bits per heavy atom. The summed E-state index contributed by atoms with van der Waals surface area (Å²) in [7, 11) is -2.89. The van der Waals surface area contributed by atoms with E-state index >= 15 is 0 Å². The van der Waals surface area contributed by atoms with Crippen molar-refractivity contribution in [3.05, 3.63) is 0 Å². The van der Waals surface area contributed by atoms with Crippen LogP contribution in [0.5, 0.6) is 0 Å². The first-order chi connectivity index (χ1) is 11.8. The van der Waals surface area contributed by atoms with Gasteiger partial charge in [0.05, 0.1) is 17.8 Å². The fraction of sp³-hybridized carbons (Fsp3) is 0.833. The minimum Gasteiger partial charge on any atom is -0.324 e. The van der Waals surface area contributed by atoms with Gasteiger partial charge < -0.3 is 9.35 Å². The third-order valence-corrected chi connectivity index (χ3v) is 12.6. The minimum absolute atomic E-state index is 0.323. The molecule has 0 N–H and O–H groups in total. The molecule has 0 aromatic heterocycles. The average Bonchev–Trinajstić information content (AvgIpc) is 2.53. The van der Waals surface area contributed by atoms with Crippen molar-refractivity contribution in [2.45, 2.75) is 83.2 Å². The van der Waals surface area contributed by atoms with Crippen LogP contribution in [0.2, 0.25) is 38.3 Å².